The molecule has 0 spiro atoms. The summed E-state index contributed by atoms with van der Waals surface area (Å²) in [6.07, 6.45) is 6.37. The third-order valence-corrected chi connectivity index (χ3v) is 5.47. The average Bonchev–Trinajstić information content (AvgIpc) is 3.26. The van der Waals surface area contributed by atoms with E-state index in [1.54, 1.807) is 30.5 Å². The van der Waals surface area contributed by atoms with Crippen molar-refractivity contribution in [3.8, 4) is 5.75 Å². The van der Waals surface area contributed by atoms with Crippen LogP contribution >= 0.6 is 0 Å². The zero-order chi connectivity index (χ0) is 17.9. The molecule has 1 N–H and O–H groups in total. The summed E-state index contributed by atoms with van der Waals surface area (Å²) in [6.45, 7) is 2.10. The van der Waals surface area contributed by atoms with Crippen LogP contribution in [0.4, 0.5) is 0 Å². The van der Waals surface area contributed by atoms with Gasteiger partial charge in [-0.1, -0.05) is 19.8 Å². The Morgan fingerprint density at radius 1 is 1.32 bits per heavy atom. The van der Waals surface area contributed by atoms with Crippen LogP contribution in [-0.4, -0.2) is 31.8 Å². The van der Waals surface area contributed by atoms with E-state index in [0.717, 1.165) is 18.4 Å². The van der Waals surface area contributed by atoms with E-state index in [9.17, 15) is 9.59 Å². The molecule has 3 atom stereocenters. The van der Waals surface area contributed by atoms with Crippen molar-refractivity contribution < 1.29 is 19.1 Å². The van der Waals surface area contributed by atoms with Crippen LogP contribution in [0.2, 0.25) is 0 Å². The summed E-state index contributed by atoms with van der Waals surface area (Å²) in [6, 6.07) is 7.09. The lowest BCUT2D eigenvalue weighted by Crippen LogP contribution is -2.22. The van der Waals surface area contributed by atoms with E-state index >= 15 is 0 Å². The van der Waals surface area contributed by atoms with E-state index < -0.39 is 5.97 Å². The topological polar surface area (TPSA) is 77.0 Å². The summed E-state index contributed by atoms with van der Waals surface area (Å²) in [4.78, 5) is 23.3. The number of amides is 1. The van der Waals surface area contributed by atoms with Gasteiger partial charge in [-0.15, -0.1) is 0 Å². The van der Waals surface area contributed by atoms with Crippen molar-refractivity contribution in [1.82, 2.24) is 5.43 Å². The highest BCUT2D eigenvalue weighted by atomic mass is 16.6. The zero-order valence-corrected chi connectivity index (χ0v) is 14.7. The molecule has 2 fully saturated rings. The van der Waals surface area contributed by atoms with Crippen molar-refractivity contribution in [1.29, 1.82) is 0 Å². The standard InChI is InChI=1S/C19H24N2O4/c1-19-10-4-3-5-15(19)17(19)18(23)21-20-11-13-6-8-14(9-7-13)25-12-16(22)24-2/h6-9,11,15,17H,3-5,10,12H2,1-2H3,(H,21,23)/b20-11-/t15-,17+,19+/m1/s1. The van der Waals surface area contributed by atoms with Crippen LogP contribution in [0.5, 0.6) is 5.75 Å². The molecule has 3 rings (SSSR count). The molecule has 0 aromatic heterocycles. The molecule has 2 saturated carbocycles. The van der Waals surface area contributed by atoms with Gasteiger partial charge in [-0.2, -0.15) is 5.10 Å². The first-order chi connectivity index (χ1) is 12.0. The molecule has 0 radical (unpaired) electrons. The molecule has 25 heavy (non-hydrogen) atoms. The van der Waals surface area contributed by atoms with Gasteiger partial charge in [0.15, 0.2) is 6.61 Å². The fourth-order valence-electron chi connectivity index (χ4n) is 3.94. The summed E-state index contributed by atoms with van der Waals surface area (Å²) in [5.74, 6) is 0.817. The Kier molecular flexibility index (Phi) is 5.06. The first-order valence-electron chi connectivity index (χ1n) is 8.67. The summed E-state index contributed by atoms with van der Waals surface area (Å²) in [5, 5.41) is 4.07. The molecule has 0 aliphatic heterocycles. The van der Waals surface area contributed by atoms with Gasteiger partial charge in [-0.3, -0.25) is 4.79 Å². The lowest BCUT2D eigenvalue weighted by Gasteiger charge is -2.15. The first-order valence-corrected chi connectivity index (χ1v) is 8.67. The highest BCUT2D eigenvalue weighted by molar-refractivity contribution is 5.86. The van der Waals surface area contributed by atoms with Gasteiger partial charge in [0.05, 0.1) is 13.3 Å². The number of carbonyl (C=O) groups is 2. The lowest BCUT2D eigenvalue weighted by atomic mass is 9.90. The first kappa shape index (κ1) is 17.5. The molecular formula is C19H24N2O4. The fourth-order valence-corrected chi connectivity index (χ4v) is 3.94. The van der Waals surface area contributed by atoms with Crippen LogP contribution in [-0.2, 0) is 14.3 Å². The van der Waals surface area contributed by atoms with Crippen LogP contribution in [0.25, 0.3) is 0 Å². The van der Waals surface area contributed by atoms with Gasteiger partial charge in [-0.25, -0.2) is 10.2 Å². The summed E-state index contributed by atoms with van der Waals surface area (Å²) in [5.41, 5.74) is 3.70. The minimum absolute atomic E-state index is 0.0312. The molecule has 0 bridgehead atoms. The van der Waals surface area contributed by atoms with Gasteiger partial charge < -0.3 is 9.47 Å². The molecule has 1 aromatic rings. The van der Waals surface area contributed by atoms with Crippen molar-refractivity contribution in [2.24, 2.45) is 22.4 Å². The van der Waals surface area contributed by atoms with Gasteiger partial charge in [0.25, 0.3) is 0 Å². The van der Waals surface area contributed by atoms with Crippen LogP contribution in [0.1, 0.15) is 38.2 Å². The van der Waals surface area contributed by atoms with E-state index in [1.807, 2.05) is 0 Å². The Labute approximate surface area is 147 Å². The predicted octanol–water partition coefficient (Wildman–Crippen LogP) is 2.51. The third kappa shape index (κ3) is 3.83. The highest BCUT2D eigenvalue weighted by Gasteiger charge is 2.64. The number of methoxy groups -OCH3 is 1. The number of ether oxygens (including phenoxy) is 2. The number of esters is 1. The Balaban J connectivity index is 1.48. The molecule has 0 unspecified atom stereocenters. The van der Waals surface area contributed by atoms with Crippen molar-refractivity contribution in [3.05, 3.63) is 29.8 Å². The van der Waals surface area contributed by atoms with E-state index in [-0.39, 0.29) is 23.8 Å². The van der Waals surface area contributed by atoms with Gasteiger partial charge in [0.2, 0.25) is 5.91 Å². The minimum atomic E-state index is -0.428. The Hall–Kier alpha value is -2.37. The second-order valence-electron chi connectivity index (χ2n) is 7.00. The number of benzene rings is 1. The van der Waals surface area contributed by atoms with E-state index in [2.05, 4.69) is 22.2 Å². The second kappa shape index (κ2) is 7.25. The molecule has 0 heterocycles. The van der Waals surface area contributed by atoms with Gasteiger partial charge in [-0.05, 0) is 54.0 Å². The molecule has 6 heteroatoms. The third-order valence-electron chi connectivity index (χ3n) is 5.47. The Morgan fingerprint density at radius 3 is 2.72 bits per heavy atom. The quantitative estimate of drug-likeness (QED) is 0.489. The molecule has 2 aliphatic carbocycles. The summed E-state index contributed by atoms with van der Waals surface area (Å²) < 4.78 is 9.79. The number of nitrogens with zero attached hydrogens (tertiary/aromatic N) is 1. The average molecular weight is 344 g/mol. The number of rotatable bonds is 6. The number of hydrogen-bond acceptors (Lipinski definition) is 5. The van der Waals surface area contributed by atoms with Crippen molar-refractivity contribution in [2.75, 3.05) is 13.7 Å². The van der Waals surface area contributed by atoms with E-state index in [4.69, 9.17) is 4.74 Å². The number of carbonyl (C=O) groups excluding carboxylic acids is 2. The van der Waals surface area contributed by atoms with Crippen LogP contribution in [0.15, 0.2) is 29.4 Å². The molecular weight excluding hydrogens is 320 g/mol. The SMILES string of the molecule is COC(=O)COc1ccc(/C=N\NC(=O)[C@@H]2[C@H]3CCCC[C@@]32C)cc1. The lowest BCUT2D eigenvalue weighted by molar-refractivity contribution is -0.142. The smallest absolute Gasteiger partial charge is 0.343 e. The minimum Gasteiger partial charge on any atom is -0.482 e. The van der Waals surface area contributed by atoms with Crippen molar-refractivity contribution in [2.45, 2.75) is 32.6 Å². The number of fused-ring (bicyclic) bond motifs is 1. The van der Waals surface area contributed by atoms with E-state index in [0.29, 0.717) is 11.7 Å². The normalized spacial score (nSPS) is 27.4. The largest absolute Gasteiger partial charge is 0.482 e. The number of hydrazone groups is 1. The molecule has 1 aromatic carbocycles. The van der Waals surface area contributed by atoms with Crippen LogP contribution < -0.4 is 10.2 Å². The Morgan fingerprint density at radius 2 is 2.08 bits per heavy atom. The maximum absolute atomic E-state index is 12.3. The fraction of sp³-hybridized carbons (Fsp3) is 0.526. The van der Waals surface area contributed by atoms with Crippen LogP contribution in [0.3, 0.4) is 0 Å². The summed E-state index contributed by atoms with van der Waals surface area (Å²) >= 11 is 0. The molecule has 1 amide bonds. The van der Waals surface area contributed by atoms with Crippen molar-refractivity contribution >= 4 is 18.1 Å². The Bertz CT molecular complexity index is 671. The van der Waals surface area contributed by atoms with Crippen LogP contribution in [0, 0.1) is 17.3 Å². The molecule has 0 saturated heterocycles. The van der Waals surface area contributed by atoms with Crippen molar-refractivity contribution in [3.63, 3.8) is 0 Å². The molecule has 134 valence electrons. The van der Waals surface area contributed by atoms with Gasteiger partial charge in [0.1, 0.15) is 5.75 Å². The van der Waals surface area contributed by atoms with Gasteiger partial charge >= 0.3 is 5.97 Å². The van der Waals surface area contributed by atoms with Gasteiger partial charge in [0, 0.05) is 5.92 Å². The predicted molar refractivity (Wildman–Crippen MR) is 93.2 cm³/mol. The molecule has 6 nitrogen and oxygen atoms in total. The number of hydrogen-bond donors (Lipinski definition) is 1. The molecule has 2 aliphatic rings. The number of nitrogens with one attached hydrogen (secondary N) is 1. The maximum Gasteiger partial charge on any atom is 0.343 e. The summed E-state index contributed by atoms with van der Waals surface area (Å²) in [7, 11) is 1.32. The monoisotopic (exact) mass is 344 g/mol. The highest BCUT2D eigenvalue weighted by Crippen LogP contribution is 2.66. The van der Waals surface area contributed by atoms with E-state index in [1.165, 1.54) is 20.0 Å². The zero-order valence-electron chi connectivity index (χ0n) is 14.7. The maximum atomic E-state index is 12.3. The second-order valence-corrected chi connectivity index (χ2v) is 7.00.